The molecule has 0 bridgehead atoms. The maximum Gasteiger partial charge on any atom is 0.0519 e. The molecule has 0 amide bonds. The Morgan fingerprint density at radius 3 is 2.90 bits per heavy atom. The molecule has 0 spiro atoms. The number of methoxy groups -OCH3 is 1. The first-order valence-electron chi connectivity index (χ1n) is 3.86. The molecule has 1 fully saturated rings. The highest BCUT2D eigenvalue weighted by molar-refractivity contribution is 4.99. The molecular weight excluding hydrogens is 126 g/mol. The van der Waals surface area contributed by atoms with Gasteiger partial charge in [0.05, 0.1) is 6.61 Å². The zero-order chi connectivity index (χ0) is 7.61. The van der Waals surface area contributed by atoms with Crippen LogP contribution in [0.4, 0.5) is 0 Å². The molecular formula is C8H17NO. The lowest BCUT2D eigenvalue weighted by Crippen LogP contribution is -2.16. The fraction of sp³-hybridized carbons (Fsp3) is 1.00. The van der Waals surface area contributed by atoms with E-state index in [0.717, 1.165) is 19.1 Å². The van der Waals surface area contributed by atoms with E-state index in [1.807, 2.05) is 7.05 Å². The highest BCUT2D eigenvalue weighted by atomic mass is 16.5. The molecule has 1 saturated carbocycles. The summed E-state index contributed by atoms with van der Waals surface area (Å²) in [5, 5.41) is 3.19. The second-order valence-electron chi connectivity index (χ2n) is 3.55. The molecule has 0 heterocycles. The standard InChI is InChI=1S/C8H17NO/c1-8(6-10-3)4-7(8)5-9-2/h7,9H,4-6H2,1-3H3. The first-order chi connectivity index (χ1) is 4.73. The normalized spacial score (nSPS) is 38.1. The van der Waals surface area contributed by atoms with Gasteiger partial charge in [-0.2, -0.15) is 0 Å². The van der Waals surface area contributed by atoms with Crippen LogP contribution in [0.2, 0.25) is 0 Å². The quantitative estimate of drug-likeness (QED) is 0.630. The average molecular weight is 143 g/mol. The van der Waals surface area contributed by atoms with Gasteiger partial charge in [-0.25, -0.2) is 0 Å². The number of hydrogen-bond acceptors (Lipinski definition) is 2. The van der Waals surface area contributed by atoms with Gasteiger partial charge < -0.3 is 10.1 Å². The molecule has 0 aromatic heterocycles. The van der Waals surface area contributed by atoms with E-state index in [4.69, 9.17) is 4.74 Å². The summed E-state index contributed by atoms with van der Waals surface area (Å²) in [5.41, 5.74) is 0.484. The van der Waals surface area contributed by atoms with Crippen molar-refractivity contribution < 1.29 is 4.74 Å². The van der Waals surface area contributed by atoms with Gasteiger partial charge in [0.2, 0.25) is 0 Å². The van der Waals surface area contributed by atoms with Crippen LogP contribution in [0.1, 0.15) is 13.3 Å². The summed E-state index contributed by atoms with van der Waals surface area (Å²) in [7, 11) is 3.78. The minimum Gasteiger partial charge on any atom is -0.384 e. The molecule has 0 radical (unpaired) electrons. The van der Waals surface area contributed by atoms with E-state index in [1.165, 1.54) is 6.42 Å². The van der Waals surface area contributed by atoms with Crippen molar-refractivity contribution in [2.24, 2.45) is 11.3 Å². The van der Waals surface area contributed by atoms with Gasteiger partial charge >= 0.3 is 0 Å². The lowest BCUT2D eigenvalue weighted by molar-refractivity contribution is 0.141. The smallest absolute Gasteiger partial charge is 0.0519 e. The van der Waals surface area contributed by atoms with Crippen LogP contribution in [0, 0.1) is 11.3 Å². The van der Waals surface area contributed by atoms with Crippen molar-refractivity contribution in [1.82, 2.24) is 5.32 Å². The fourth-order valence-electron chi connectivity index (χ4n) is 1.58. The molecule has 2 heteroatoms. The zero-order valence-electron chi connectivity index (χ0n) is 7.11. The predicted molar refractivity (Wildman–Crippen MR) is 42.0 cm³/mol. The van der Waals surface area contributed by atoms with Crippen LogP contribution in [0.25, 0.3) is 0 Å². The van der Waals surface area contributed by atoms with Gasteiger partial charge in [-0.1, -0.05) is 6.92 Å². The van der Waals surface area contributed by atoms with Crippen molar-refractivity contribution in [2.75, 3.05) is 27.3 Å². The minimum atomic E-state index is 0.484. The molecule has 1 aliphatic rings. The Labute approximate surface area is 63.0 Å². The third kappa shape index (κ3) is 1.50. The van der Waals surface area contributed by atoms with Crippen LogP contribution in [-0.2, 0) is 4.74 Å². The summed E-state index contributed by atoms with van der Waals surface area (Å²) < 4.78 is 5.12. The van der Waals surface area contributed by atoms with E-state index in [1.54, 1.807) is 7.11 Å². The molecule has 60 valence electrons. The van der Waals surface area contributed by atoms with Crippen LogP contribution >= 0.6 is 0 Å². The van der Waals surface area contributed by atoms with Crippen molar-refractivity contribution in [3.63, 3.8) is 0 Å². The fourth-order valence-corrected chi connectivity index (χ4v) is 1.58. The molecule has 1 rings (SSSR count). The topological polar surface area (TPSA) is 21.3 Å². The van der Waals surface area contributed by atoms with Gasteiger partial charge in [-0.15, -0.1) is 0 Å². The molecule has 0 aromatic rings. The molecule has 0 aromatic carbocycles. The Kier molecular flexibility index (Phi) is 2.32. The lowest BCUT2D eigenvalue weighted by Gasteiger charge is -2.08. The lowest BCUT2D eigenvalue weighted by atomic mass is 10.1. The Balaban J connectivity index is 2.19. The van der Waals surface area contributed by atoms with E-state index in [0.29, 0.717) is 5.41 Å². The van der Waals surface area contributed by atoms with Crippen LogP contribution in [0.3, 0.4) is 0 Å². The average Bonchev–Trinajstić information content (AvgIpc) is 2.44. The van der Waals surface area contributed by atoms with E-state index in [-0.39, 0.29) is 0 Å². The van der Waals surface area contributed by atoms with Gasteiger partial charge in [-0.05, 0) is 31.3 Å². The summed E-state index contributed by atoms with van der Waals surface area (Å²) in [6.07, 6.45) is 1.32. The summed E-state index contributed by atoms with van der Waals surface area (Å²) in [6, 6.07) is 0. The number of hydrogen-bond donors (Lipinski definition) is 1. The summed E-state index contributed by atoms with van der Waals surface area (Å²) in [5.74, 6) is 0.845. The number of rotatable bonds is 4. The van der Waals surface area contributed by atoms with Crippen molar-refractivity contribution in [3.05, 3.63) is 0 Å². The van der Waals surface area contributed by atoms with E-state index in [2.05, 4.69) is 12.2 Å². The number of nitrogens with one attached hydrogen (secondary N) is 1. The molecule has 1 aliphatic carbocycles. The number of ether oxygens (including phenoxy) is 1. The van der Waals surface area contributed by atoms with Crippen LogP contribution in [-0.4, -0.2) is 27.3 Å². The van der Waals surface area contributed by atoms with Crippen LogP contribution in [0.15, 0.2) is 0 Å². The SMILES string of the molecule is CNCC1CC1(C)COC. The van der Waals surface area contributed by atoms with Gasteiger partial charge in [0.25, 0.3) is 0 Å². The minimum absolute atomic E-state index is 0.484. The highest BCUT2D eigenvalue weighted by Crippen LogP contribution is 2.51. The summed E-state index contributed by atoms with van der Waals surface area (Å²) >= 11 is 0. The van der Waals surface area contributed by atoms with E-state index >= 15 is 0 Å². The van der Waals surface area contributed by atoms with E-state index in [9.17, 15) is 0 Å². The first kappa shape index (κ1) is 8.02. The summed E-state index contributed by atoms with van der Waals surface area (Å²) in [6.45, 7) is 4.34. The molecule has 2 unspecified atom stereocenters. The van der Waals surface area contributed by atoms with E-state index < -0.39 is 0 Å². The van der Waals surface area contributed by atoms with Gasteiger partial charge in [0, 0.05) is 7.11 Å². The molecule has 0 saturated heterocycles. The molecule has 0 aliphatic heterocycles. The van der Waals surface area contributed by atoms with Crippen molar-refractivity contribution in [1.29, 1.82) is 0 Å². The molecule has 2 nitrogen and oxygen atoms in total. The maximum atomic E-state index is 5.12. The van der Waals surface area contributed by atoms with Crippen molar-refractivity contribution in [3.8, 4) is 0 Å². The summed E-state index contributed by atoms with van der Waals surface area (Å²) in [4.78, 5) is 0. The van der Waals surface area contributed by atoms with Gasteiger partial charge in [0.1, 0.15) is 0 Å². The Hall–Kier alpha value is -0.0800. The zero-order valence-corrected chi connectivity index (χ0v) is 7.11. The van der Waals surface area contributed by atoms with Crippen LogP contribution < -0.4 is 5.32 Å². The monoisotopic (exact) mass is 143 g/mol. The van der Waals surface area contributed by atoms with Crippen LogP contribution in [0.5, 0.6) is 0 Å². The van der Waals surface area contributed by atoms with Gasteiger partial charge in [0.15, 0.2) is 0 Å². The van der Waals surface area contributed by atoms with Gasteiger partial charge in [-0.3, -0.25) is 0 Å². The van der Waals surface area contributed by atoms with Crippen molar-refractivity contribution >= 4 is 0 Å². The van der Waals surface area contributed by atoms with Crippen molar-refractivity contribution in [2.45, 2.75) is 13.3 Å². The third-order valence-electron chi connectivity index (χ3n) is 2.46. The third-order valence-corrected chi connectivity index (χ3v) is 2.46. The maximum absolute atomic E-state index is 5.12. The largest absolute Gasteiger partial charge is 0.384 e. The molecule has 1 N–H and O–H groups in total. The predicted octanol–water partition coefficient (Wildman–Crippen LogP) is 0.878. The molecule has 10 heavy (non-hydrogen) atoms. The highest BCUT2D eigenvalue weighted by Gasteiger charge is 2.49. The Morgan fingerprint density at radius 2 is 2.40 bits per heavy atom. The first-order valence-corrected chi connectivity index (χ1v) is 3.86. The Morgan fingerprint density at radius 1 is 1.70 bits per heavy atom. The second-order valence-corrected chi connectivity index (χ2v) is 3.55. The Bertz CT molecular complexity index is 116. The second kappa shape index (κ2) is 2.89. The molecule has 2 atom stereocenters.